The zero-order valence-electron chi connectivity index (χ0n) is 9.61. The van der Waals surface area contributed by atoms with Crippen LogP contribution in [0.25, 0.3) is 0 Å². The fourth-order valence-electron chi connectivity index (χ4n) is 1.85. The van der Waals surface area contributed by atoms with Crippen LogP contribution in [0.3, 0.4) is 0 Å². The van der Waals surface area contributed by atoms with Crippen LogP contribution in [0.1, 0.15) is 11.6 Å². The monoisotopic (exact) mass is 238 g/mol. The van der Waals surface area contributed by atoms with Crippen LogP contribution in [0.5, 0.6) is 17.2 Å². The van der Waals surface area contributed by atoms with Gasteiger partial charge in [-0.1, -0.05) is 0 Å². The Balaban J connectivity index is 2.41. The molecule has 1 aliphatic heterocycles. The van der Waals surface area contributed by atoms with E-state index < -0.39 is 0 Å². The average molecular weight is 238 g/mol. The van der Waals surface area contributed by atoms with Crippen molar-refractivity contribution in [2.75, 3.05) is 20.8 Å². The molecular weight excluding hydrogens is 224 g/mol. The number of methoxy groups -OCH3 is 2. The number of urea groups is 1. The van der Waals surface area contributed by atoms with Crippen molar-refractivity contribution >= 4 is 6.03 Å². The number of carbonyl (C=O) groups is 1. The maximum absolute atomic E-state index is 11.1. The van der Waals surface area contributed by atoms with Crippen molar-refractivity contribution < 1.29 is 19.4 Å². The lowest BCUT2D eigenvalue weighted by molar-refractivity contribution is 0.247. The first-order chi connectivity index (χ1) is 8.15. The fourth-order valence-corrected chi connectivity index (χ4v) is 1.85. The topological polar surface area (TPSA) is 79.8 Å². The minimum Gasteiger partial charge on any atom is -0.507 e. The molecule has 1 aromatic carbocycles. The summed E-state index contributed by atoms with van der Waals surface area (Å²) >= 11 is 0. The van der Waals surface area contributed by atoms with E-state index in [9.17, 15) is 9.90 Å². The number of phenols is 1. The lowest BCUT2D eigenvalue weighted by atomic mass is 10.0. The van der Waals surface area contributed by atoms with E-state index in [4.69, 9.17) is 9.47 Å². The Morgan fingerprint density at radius 1 is 1.35 bits per heavy atom. The van der Waals surface area contributed by atoms with Crippen molar-refractivity contribution in [3.8, 4) is 17.2 Å². The van der Waals surface area contributed by atoms with Gasteiger partial charge in [-0.05, 0) is 0 Å². The molecule has 1 aliphatic rings. The summed E-state index contributed by atoms with van der Waals surface area (Å²) in [6.45, 7) is 0.412. The molecule has 0 bridgehead atoms. The van der Waals surface area contributed by atoms with Gasteiger partial charge in [-0.3, -0.25) is 0 Å². The second-order valence-corrected chi connectivity index (χ2v) is 3.67. The summed E-state index contributed by atoms with van der Waals surface area (Å²) in [5.74, 6) is 1.02. The SMILES string of the molecule is COc1cc(O)c([C@@H]2CNC(=O)N2)c(OC)c1. The average Bonchev–Trinajstić information content (AvgIpc) is 2.74. The van der Waals surface area contributed by atoms with Crippen molar-refractivity contribution in [3.63, 3.8) is 0 Å². The molecule has 1 atom stereocenters. The summed E-state index contributed by atoms with van der Waals surface area (Å²) in [6.07, 6.45) is 0. The highest BCUT2D eigenvalue weighted by Gasteiger charge is 2.27. The third-order valence-corrected chi connectivity index (χ3v) is 2.67. The summed E-state index contributed by atoms with van der Waals surface area (Å²) < 4.78 is 10.2. The summed E-state index contributed by atoms with van der Waals surface area (Å²) in [4.78, 5) is 11.1. The Morgan fingerprint density at radius 2 is 2.12 bits per heavy atom. The third kappa shape index (κ3) is 2.06. The van der Waals surface area contributed by atoms with E-state index in [0.717, 1.165) is 0 Å². The van der Waals surface area contributed by atoms with Gasteiger partial charge in [-0.25, -0.2) is 4.79 Å². The van der Waals surface area contributed by atoms with Gasteiger partial charge in [0.05, 0.1) is 25.8 Å². The number of aromatic hydroxyl groups is 1. The summed E-state index contributed by atoms with van der Waals surface area (Å²) in [7, 11) is 3.01. The molecule has 92 valence electrons. The molecule has 0 spiro atoms. The minimum atomic E-state index is -0.302. The van der Waals surface area contributed by atoms with Crippen LogP contribution >= 0.6 is 0 Å². The van der Waals surface area contributed by atoms with Crippen LogP contribution in [-0.2, 0) is 0 Å². The van der Waals surface area contributed by atoms with Gasteiger partial charge < -0.3 is 25.2 Å². The molecule has 2 amide bonds. The van der Waals surface area contributed by atoms with Gasteiger partial charge in [0.15, 0.2) is 0 Å². The molecule has 1 fully saturated rings. The molecule has 0 unspecified atom stereocenters. The van der Waals surface area contributed by atoms with Gasteiger partial charge in [0.25, 0.3) is 0 Å². The normalized spacial score (nSPS) is 18.5. The van der Waals surface area contributed by atoms with Gasteiger partial charge in [0.1, 0.15) is 17.2 Å². The number of ether oxygens (including phenoxy) is 2. The zero-order chi connectivity index (χ0) is 12.4. The van der Waals surface area contributed by atoms with Crippen LogP contribution in [0.2, 0.25) is 0 Å². The second kappa shape index (κ2) is 4.40. The molecule has 1 heterocycles. The summed E-state index contributed by atoms with van der Waals surface area (Å²) in [5.41, 5.74) is 0.548. The number of benzene rings is 1. The number of nitrogens with one attached hydrogen (secondary N) is 2. The predicted molar refractivity (Wildman–Crippen MR) is 60.5 cm³/mol. The van der Waals surface area contributed by atoms with E-state index in [0.29, 0.717) is 23.6 Å². The fraction of sp³-hybridized carbons (Fsp3) is 0.364. The molecule has 17 heavy (non-hydrogen) atoms. The van der Waals surface area contributed by atoms with E-state index in [-0.39, 0.29) is 17.8 Å². The Labute approximate surface area is 98.5 Å². The first kappa shape index (κ1) is 11.4. The minimum absolute atomic E-state index is 0.0372. The largest absolute Gasteiger partial charge is 0.507 e. The Morgan fingerprint density at radius 3 is 2.65 bits per heavy atom. The van der Waals surface area contributed by atoms with E-state index in [1.807, 2.05) is 0 Å². The Hall–Kier alpha value is -2.11. The molecule has 1 aromatic rings. The molecule has 0 radical (unpaired) electrons. The van der Waals surface area contributed by atoms with Gasteiger partial charge in [0, 0.05) is 18.7 Å². The second-order valence-electron chi connectivity index (χ2n) is 3.67. The highest BCUT2D eigenvalue weighted by molar-refractivity contribution is 5.77. The third-order valence-electron chi connectivity index (χ3n) is 2.67. The highest BCUT2D eigenvalue weighted by Crippen LogP contribution is 2.38. The van der Waals surface area contributed by atoms with E-state index in [2.05, 4.69) is 10.6 Å². The van der Waals surface area contributed by atoms with Gasteiger partial charge in [-0.2, -0.15) is 0 Å². The smallest absolute Gasteiger partial charge is 0.315 e. The summed E-state index contributed by atoms with van der Waals surface area (Å²) in [6, 6.07) is 2.60. The number of hydrogen-bond donors (Lipinski definition) is 3. The summed E-state index contributed by atoms with van der Waals surface area (Å²) in [5, 5.41) is 15.3. The van der Waals surface area contributed by atoms with Crippen LogP contribution in [0, 0.1) is 0 Å². The standard InChI is InChI=1S/C11H14N2O4/c1-16-6-3-8(14)10(9(4-6)17-2)7-5-12-11(15)13-7/h3-4,7,14H,5H2,1-2H3,(H2,12,13,15)/t7-/m0/s1. The molecule has 0 aromatic heterocycles. The van der Waals surface area contributed by atoms with E-state index >= 15 is 0 Å². The number of amides is 2. The highest BCUT2D eigenvalue weighted by atomic mass is 16.5. The van der Waals surface area contributed by atoms with Crippen LogP contribution < -0.4 is 20.1 Å². The van der Waals surface area contributed by atoms with Crippen molar-refractivity contribution in [1.82, 2.24) is 10.6 Å². The maximum Gasteiger partial charge on any atom is 0.315 e. The molecule has 6 nitrogen and oxygen atoms in total. The molecule has 3 N–H and O–H groups in total. The van der Waals surface area contributed by atoms with Gasteiger partial charge in [0.2, 0.25) is 0 Å². The molecule has 1 saturated heterocycles. The number of hydrogen-bond acceptors (Lipinski definition) is 4. The lowest BCUT2D eigenvalue weighted by Crippen LogP contribution is -2.22. The number of phenolic OH excluding ortho intramolecular Hbond substituents is 1. The maximum atomic E-state index is 11.1. The number of carbonyl (C=O) groups excluding carboxylic acids is 1. The van der Waals surface area contributed by atoms with Crippen molar-refractivity contribution in [2.45, 2.75) is 6.04 Å². The van der Waals surface area contributed by atoms with Crippen molar-refractivity contribution in [3.05, 3.63) is 17.7 Å². The molecule has 6 heteroatoms. The predicted octanol–water partition coefficient (Wildman–Crippen LogP) is 0.763. The molecule has 2 rings (SSSR count). The quantitative estimate of drug-likeness (QED) is 0.726. The molecule has 0 saturated carbocycles. The molecule has 0 aliphatic carbocycles. The lowest BCUT2D eigenvalue weighted by Gasteiger charge is -2.16. The number of rotatable bonds is 3. The van der Waals surface area contributed by atoms with Gasteiger partial charge >= 0.3 is 6.03 Å². The first-order valence-corrected chi connectivity index (χ1v) is 5.15. The Kier molecular flexibility index (Phi) is 2.95. The van der Waals surface area contributed by atoms with Crippen LogP contribution in [0.15, 0.2) is 12.1 Å². The van der Waals surface area contributed by atoms with Crippen molar-refractivity contribution in [2.24, 2.45) is 0 Å². The van der Waals surface area contributed by atoms with Crippen LogP contribution in [-0.4, -0.2) is 31.9 Å². The van der Waals surface area contributed by atoms with Crippen molar-refractivity contribution in [1.29, 1.82) is 0 Å². The van der Waals surface area contributed by atoms with Crippen LogP contribution in [0.4, 0.5) is 4.79 Å². The Bertz CT molecular complexity index is 447. The first-order valence-electron chi connectivity index (χ1n) is 5.15. The van der Waals surface area contributed by atoms with E-state index in [1.165, 1.54) is 20.3 Å². The molecular formula is C11H14N2O4. The zero-order valence-corrected chi connectivity index (χ0v) is 9.61. The van der Waals surface area contributed by atoms with Gasteiger partial charge in [-0.15, -0.1) is 0 Å². The van der Waals surface area contributed by atoms with E-state index in [1.54, 1.807) is 6.07 Å².